The minimum absolute atomic E-state index is 0.0283. The largest absolute Gasteiger partial charge is 0.416 e. The summed E-state index contributed by atoms with van der Waals surface area (Å²) >= 11 is 0. The van der Waals surface area contributed by atoms with Gasteiger partial charge in [0.2, 0.25) is 5.88 Å². The molecule has 9 heteroatoms. The highest BCUT2D eigenvalue weighted by Crippen LogP contribution is 2.29. The number of carbonyl (C=O) groups is 2. The molecule has 0 saturated carbocycles. The molecule has 0 aliphatic carbocycles. The van der Waals surface area contributed by atoms with E-state index in [1.165, 1.54) is 29.9 Å². The Kier molecular flexibility index (Phi) is 5.46. The monoisotopic (exact) mass is 393 g/mol. The van der Waals surface area contributed by atoms with Crippen LogP contribution in [0, 0.1) is 20.8 Å². The molecule has 1 heterocycles. The van der Waals surface area contributed by atoms with Gasteiger partial charge >= 0.3 is 6.09 Å². The minimum atomic E-state index is -3.43. The van der Waals surface area contributed by atoms with E-state index in [0.29, 0.717) is 22.3 Å². The molecular formula is C18H23N3O5S. The third-order valence-electron chi connectivity index (χ3n) is 4.32. The van der Waals surface area contributed by atoms with E-state index in [9.17, 15) is 18.0 Å². The SMILES string of the molecule is Cc1cc(C(=O)c2cnn(C)c2OC(=O)N(C)C)c(C)c(C)c1S(C)(=O)=O. The van der Waals surface area contributed by atoms with Crippen LogP contribution in [0.3, 0.4) is 0 Å². The van der Waals surface area contributed by atoms with Crippen LogP contribution in [-0.2, 0) is 16.9 Å². The van der Waals surface area contributed by atoms with Crippen molar-refractivity contribution in [2.45, 2.75) is 25.7 Å². The molecule has 0 N–H and O–H groups in total. The van der Waals surface area contributed by atoms with E-state index in [-0.39, 0.29) is 16.3 Å². The van der Waals surface area contributed by atoms with E-state index in [4.69, 9.17) is 4.74 Å². The van der Waals surface area contributed by atoms with Crippen molar-refractivity contribution in [3.63, 3.8) is 0 Å². The summed E-state index contributed by atoms with van der Waals surface area (Å²) in [6.07, 6.45) is 1.84. The van der Waals surface area contributed by atoms with Crippen LogP contribution in [0.1, 0.15) is 32.6 Å². The fraction of sp³-hybridized carbons (Fsp3) is 0.389. The second-order valence-electron chi connectivity index (χ2n) is 6.67. The van der Waals surface area contributed by atoms with Crippen molar-refractivity contribution in [2.24, 2.45) is 7.05 Å². The predicted octanol–water partition coefficient (Wildman–Crippen LogP) is 2.04. The fourth-order valence-corrected chi connectivity index (χ4v) is 4.24. The Labute approximate surface area is 158 Å². The Balaban J connectivity index is 2.59. The van der Waals surface area contributed by atoms with E-state index in [2.05, 4.69) is 5.10 Å². The molecule has 0 saturated heterocycles. The number of aryl methyl sites for hydroxylation is 2. The van der Waals surface area contributed by atoms with Crippen LogP contribution in [0.5, 0.6) is 5.88 Å². The van der Waals surface area contributed by atoms with Gasteiger partial charge in [0.05, 0.1) is 11.1 Å². The second-order valence-corrected chi connectivity index (χ2v) is 8.62. The molecule has 0 atom stereocenters. The van der Waals surface area contributed by atoms with Gasteiger partial charge in [0.15, 0.2) is 15.6 Å². The maximum atomic E-state index is 13.1. The summed E-state index contributed by atoms with van der Waals surface area (Å²) in [5, 5.41) is 4.01. The van der Waals surface area contributed by atoms with Gasteiger partial charge in [-0.25, -0.2) is 17.9 Å². The van der Waals surface area contributed by atoms with E-state index >= 15 is 0 Å². The van der Waals surface area contributed by atoms with Gasteiger partial charge in [0.25, 0.3) is 0 Å². The summed E-state index contributed by atoms with van der Waals surface area (Å²) in [5.41, 5.74) is 2.03. The summed E-state index contributed by atoms with van der Waals surface area (Å²) in [5.74, 6) is -0.367. The summed E-state index contributed by atoms with van der Waals surface area (Å²) < 4.78 is 30.7. The third-order valence-corrected chi connectivity index (χ3v) is 5.69. The van der Waals surface area contributed by atoms with Crippen LogP contribution in [0.2, 0.25) is 0 Å². The number of sulfone groups is 1. The average Bonchev–Trinajstić information content (AvgIpc) is 2.89. The molecule has 0 aliphatic rings. The van der Waals surface area contributed by atoms with E-state index < -0.39 is 21.7 Å². The molecule has 27 heavy (non-hydrogen) atoms. The lowest BCUT2D eigenvalue weighted by Gasteiger charge is -2.15. The summed E-state index contributed by atoms with van der Waals surface area (Å²) in [4.78, 5) is 26.5. The zero-order chi connectivity index (χ0) is 20.7. The number of benzene rings is 1. The number of carbonyl (C=O) groups excluding carboxylic acids is 2. The Morgan fingerprint density at radius 1 is 1.11 bits per heavy atom. The van der Waals surface area contributed by atoms with Crippen molar-refractivity contribution in [3.05, 3.63) is 40.1 Å². The number of hydrogen-bond acceptors (Lipinski definition) is 6. The van der Waals surface area contributed by atoms with Crippen molar-refractivity contribution in [2.75, 3.05) is 20.4 Å². The van der Waals surface area contributed by atoms with Gasteiger partial charge in [0.1, 0.15) is 5.56 Å². The van der Waals surface area contributed by atoms with Crippen molar-refractivity contribution < 1.29 is 22.7 Å². The number of ether oxygens (including phenoxy) is 1. The normalized spacial score (nSPS) is 11.4. The van der Waals surface area contributed by atoms with Gasteiger partial charge in [-0.2, -0.15) is 5.10 Å². The first-order chi connectivity index (χ1) is 12.4. The molecule has 0 aliphatic heterocycles. The molecular weight excluding hydrogens is 370 g/mol. The van der Waals surface area contributed by atoms with Crippen LogP contribution in [0.15, 0.2) is 17.2 Å². The zero-order valence-electron chi connectivity index (χ0n) is 16.4. The van der Waals surface area contributed by atoms with Crippen molar-refractivity contribution in [1.29, 1.82) is 0 Å². The molecule has 1 aromatic heterocycles. The summed E-state index contributed by atoms with van der Waals surface area (Å²) in [6, 6.07) is 1.55. The highest BCUT2D eigenvalue weighted by Gasteiger charge is 2.26. The maximum Gasteiger partial charge on any atom is 0.416 e. The minimum Gasteiger partial charge on any atom is -0.391 e. The number of ketones is 1. The number of aromatic nitrogens is 2. The van der Waals surface area contributed by atoms with Crippen LogP contribution in [0.4, 0.5) is 4.79 Å². The molecule has 2 rings (SSSR count). The molecule has 0 unspecified atom stereocenters. The second kappa shape index (κ2) is 7.15. The molecule has 1 aromatic carbocycles. The Morgan fingerprint density at radius 2 is 1.70 bits per heavy atom. The third kappa shape index (κ3) is 3.87. The van der Waals surface area contributed by atoms with Crippen LogP contribution >= 0.6 is 0 Å². The van der Waals surface area contributed by atoms with Crippen molar-refractivity contribution in [1.82, 2.24) is 14.7 Å². The highest BCUT2D eigenvalue weighted by atomic mass is 32.2. The van der Waals surface area contributed by atoms with E-state index in [0.717, 1.165) is 6.26 Å². The van der Waals surface area contributed by atoms with Crippen molar-refractivity contribution >= 4 is 21.7 Å². The topological polar surface area (TPSA) is 98.6 Å². The maximum absolute atomic E-state index is 13.1. The van der Waals surface area contributed by atoms with Gasteiger partial charge in [-0.15, -0.1) is 0 Å². The first-order valence-electron chi connectivity index (χ1n) is 8.13. The smallest absolute Gasteiger partial charge is 0.391 e. The van der Waals surface area contributed by atoms with Crippen LogP contribution in [0.25, 0.3) is 0 Å². The van der Waals surface area contributed by atoms with Gasteiger partial charge in [0, 0.05) is 33.0 Å². The summed E-state index contributed by atoms with van der Waals surface area (Å²) in [6.45, 7) is 5.01. The molecule has 8 nitrogen and oxygen atoms in total. The van der Waals surface area contributed by atoms with Crippen LogP contribution in [-0.4, -0.2) is 55.3 Å². The zero-order valence-corrected chi connectivity index (χ0v) is 17.3. The lowest BCUT2D eigenvalue weighted by atomic mass is 9.95. The molecule has 2 aromatic rings. The van der Waals surface area contributed by atoms with Gasteiger partial charge < -0.3 is 9.64 Å². The molecule has 0 spiro atoms. The van der Waals surface area contributed by atoms with E-state index in [1.54, 1.807) is 33.9 Å². The average molecular weight is 393 g/mol. The standard InChI is InChI=1S/C18H23N3O5S/c1-10-8-13(11(2)12(3)16(10)27(7,24)25)15(22)14-9-19-21(6)17(14)26-18(23)20(4)5/h8-9H,1-7H3. The first-order valence-corrected chi connectivity index (χ1v) is 10.0. The lowest BCUT2D eigenvalue weighted by Crippen LogP contribution is -2.26. The Morgan fingerprint density at radius 3 is 2.22 bits per heavy atom. The highest BCUT2D eigenvalue weighted by molar-refractivity contribution is 7.90. The molecule has 0 fully saturated rings. The summed E-state index contributed by atoms with van der Waals surface area (Å²) in [7, 11) is 1.19. The lowest BCUT2D eigenvalue weighted by molar-refractivity contribution is 0.103. The molecule has 0 radical (unpaired) electrons. The van der Waals surface area contributed by atoms with Gasteiger partial charge in [-0.1, -0.05) is 0 Å². The number of hydrogen-bond donors (Lipinski definition) is 0. The fourth-order valence-electron chi connectivity index (χ4n) is 2.89. The predicted molar refractivity (Wildman–Crippen MR) is 100 cm³/mol. The van der Waals surface area contributed by atoms with Crippen LogP contribution < -0.4 is 4.74 Å². The number of rotatable bonds is 4. The Hall–Kier alpha value is -2.68. The van der Waals surface area contributed by atoms with Gasteiger partial charge in [-0.3, -0.25) is 4.79 Å². The molecule has 1 amide bonds. The number of amides is 1. The van der Waals surface area contributed by atoms with E-state index in [1.807, 2.05) is 0 Å². The Bertz CT molecular complexity index is 1040. The number of nitrogens with zero attached hydrogens (tertiary/aromatic N) is 3. The molecule has 0 bridgehead atoms. The first kappa shape index (κ1) is 20.6. The molecule has 146 valence electrons. The quantitative estimate of drug-likeness (QED) is 0.737. The van der Waals surface area contributed by atoms with Crippen molar-refractivity contribution in [3.8, 4) is 5.88 Å². The van der Waals surface area contributed by atoms with Gasteiger partial charge in [-0.05, 0) is 43.5 Å².